The molecule has 0 aliphatic carbocycles. The van der Waals surface area contributed by atoms with Crippen molar-refractivity contribution in [3.05, 3.63) is 0 Å². The summed E-state index contributed by atoms with van der Waals surface area (Å²) in [7, 11) is 0. The number of thioether (sulfide) groups is 1. The van der Waals surface area contributed by atoms with Crippen molar-refractivity contribution in [1.82, 2.24) is 0 Å². The van der Waals surface area contributed by atoms with Crippen LogP contribution in [0.4, 0.5) is 0 Å². The molecule has 0 saturated carbocycles. The van der Waals surface area contributed by atoms with E-state index in [9.17, 15) is 0 Å². The topological polar surface area (TPSA) is 0 Å². The van der Waals surface area contributed by atoms with Crippen molar-refractivity contribution in [2.75, 3.05) is 5.75 Å². The molecule has 0 bridgehead atoms. The highest BCUT2D eigenvalue weighted by Crippen LogP contribution is 2.30. The molecule has 0 aromatic heterocycles. The minimum atomic E-state index is 0.931. The summed E-state index contributed by atoms with van der Waals surface area (Å²) in [5.41, 5.74) is 0. The lowest BCUT2D eigenvalue weighted by Crippen LogP contribution is -2.00. The maximum Gasteiger partial charge on any atom is 0.00446 e. The first-order valence-corrected chi connectivity index (χ1v) is 3.97. The zero-order valence-electron chi connectivity index (χ0n) is 4.98. The fourth-order valence-electron chi connectivity index (χ4n) is 0.839. The van der Waals surface area contributed by atoms with Crippen molar-refractivity contribution in [1.29, 1.82) is 0 Å². The van der Waals surface area contributed by atoms with E-state index in [1.165, 1.54) is 12.2 Å². The molecule has 0 aromatic carbocycles. The molecule has 42 valence electrons. The van der Waals surface area contributed by atoms with Gasteiger partial charge in [-0.2, -0.15) is 11.8 Å². The summed E-state index contributed by atoms with van der Waals surface area (Å²) in [6.45, 7) is 4.66. The van der Waals surface area contributed by atoms with E-state index in [1.807, 2.05) is 0 Å². The molecule has 1 rings (SSSR count). The van der Waals surface area contributed by atoms with Crippen LogP contribution < -0.4 is 0 Å². The molecular formula is C6H12S. The molecule has 1 heteroatoms. The van der Waals surface area contributed by atoms with Gasteiger partial charge in [0.1, 0.15) is 0 Å². The quantitative estimate of drug-likeness (QED) is 0.467. The van der Waals surface area contributed by atoms with Gasteiger partial charge in [0.05, 0.1) is 0 Å². The average Bonchev–Trinajstić information content (AvgIpc) is 1.91. The van der Waals surface area contributed by atoms with Gasteiger partial charge in [0.25, 0.3) is 0 Å². The number of rotatable bonds is 0. The van der Waals surface area contributed by atoms with Gasteiger partial charge in [-0.15, -0.1) is 0 Å². The van der Waals surface area contributed by atoms with Gasteiger partial charge in [0, 0.05) is 5.25 Å². The molecule has 0 radical (unpaired) electrons. The minimum absolute atomic E-state index is 0.931. The third-order valence-electron chi connectivity index (χ3n) is 1.76. The van der Waals surface area contributed by atoms with Crippen LogP contribution in [0.5, 0.6) is 0 Å². The van der Waals surface area contributed by atoms with Crippen LogP contribution in [-0.4, -0.2) is 11.0 Å². The molecule has 0 N–H and O–H groups in total. The van der Waals surface area contributed by atoms with E-state index in [2.05, 4.69) is 25.6 Å². The molecule has 7 heavy (non-hydrogen) atoms. The van der Waals surface area contributed by atoms with E-state index in [-0.39, 0.29) is 0 Å². The van der Waals surface area contributed by atoms with Crippen LogP contribution >= 0.6 is 11.8 Å². The van der Waals surface area contributed by atoms with Crippen LogP contribution in [0.15, 0.2) is 0 Å². The fourth-order valence-corrected chi connectivity index (χ4v) is 2.18. The molecule has 1 saturated heterocycles. The largest absolute Gasteiger partial charge is 0.159 e. The van der Waals surface area contributed by atoms with Crippen molar-refractivity contribution in [3.63, 3.8) is 0 Å². The standard InChI is InChI=1S/C6H12S/c1-5-3-4-7-6(5)2/h5-6H,3-4H2,1-2H3/t5-,6-/m1/s1. The van der Waals surface area contributed by atoms with Gasteiger partial charge in [-0.1, -0.05) is 13.8 Å². The molecule has 1 aliphatic rings. The molecular weight excluding hydrogens is 104 g/mol. The van der Waals surface area contributed by atoms with Crippen molar-refractivity contribution >= 4 is 11.8 Å². The highest BCUT2D eigenvalue weighted by molar-refractivity contribution is 8.00. The zero-order valence-corrected chi connectivity index (χ0v) is 5.79. The Kier molecular flexibility index (Phi) is 1.63. The summed E-state index contributed by atoms with van der Waals surface area (Å²) >= 11 is 2.11. The van der Waals surface area contributed by atoms with Crippen molar-refractivity contribution < 1.29 is 0 Å². The summed E-state index contributed by atoms with van der Waals surface area (Å²) < 4.78 is 0. The average molecular weight is 116 g/mol. The number of hydrogen-bond donors (Lipinski definition) is 0. The predicted molar refractivity (Wildman–Crippen MR) is 35.7 cm³/mol. The van der Waals surface area contributed by atoms with Crippen LogP contribution in [0, 0.1) is 5.92 Å². The van der Waals surface area contributed by atoms with Gasteiger partial charge in [-0.05, 0) is 18.1 Å². The monoisotopic (exact) mass is 116 g/mol. The Hall–Kier alpha value is 0.350. The van der Waals surface area contributed by atoms with E-state index in [1.54, 1.807) is 0 Å². The lowest BCUT2D eigenvalue weighted by Gasteiger charge is -2.04. The normalized spacial score (nSPS) is 42.0. The first-order chi connectivity index (χ1) is 3.30. The highest BCUT2D eigenvalue weighted by Gasteiger charge is 2.18. The van der Waals surface area contributed by atoms with Crippen LogP contribution in [0.1, 0.15) is 20.3 Å². The van der Waals surface area contributed by atoms with Crippen LogP contribution in [0.2, 0.25) is 0 Å². The Labute approximate surface area is 49.7 Å². The molecule has 2 atom stereocenters. The lowest BCUT2D eigenvalue weighted by atomic mass is 10.1. The van der Waals surface area contributed by atoms with Crippen LogP contribution in [0.3, 0.4) is 0 Å². The molecule has 1 fully saturated rings. The molecule has 0 spiro atoms. The maximum atomic E-state index is 2.34. The van der Waals surface area contributed by atoms with E-state index in [4.69, 9.17) is 0 Å². The van der Waals surface area contributed by atoms with Gasteiger partial charge in [-0.3, -0.25) is 0 Å². The predicted octanol–water partition coefficient (Wildman–Crippen LogP) is 2.15. The van der Waals surface area contributed by atoms with Crippen molar-refractivity contribution in [2.45, 2.75) is 25.5 Å². The second-order valence-electron chi connectivity index (χ2n) is 2.34. The summed E-state index contributed by atoms with van der Waals surface area (Å²) in [5.74, 6) is 2.37. The van der Waals surface area contributed by atoms with Crippen molar-refractivity contribution in [2.24, 2.45) is 5.92 Å². The zero-order chi connectivity index (χ0) is 5.28. The number of hydrogen-bond acceptors (Lipinski definition) is 1. The second-order valence-corrected chi connectivity index (χ2v) is 3.83. The fraction of sp³-hybridized carbons (Fsp3) is 1.00. The molecule has 1 heterocycles. The van der Waals surface area contributed by atoms with Crippen LogP contribution in [0.25, 0.3) is 0 Å². The minimum Gasteiger partial charge on any atom is -0.159 e. The molecule has 0 amide bonds. The van der Waals surface area contributed by atoms with Crippen molar-refractivity contribution in [3.8, 4) is 0 Å². The van der Waals surface area contributed by atoms with E-state index < -0.39 is 0 Å². The van der Waals surface area contributed by atoms with E-state index in [0.29, 0.717) is 0 Å². The van der Waals surface area contributed by atoms with Gasteiger partial charge in [0.2, 0.25) is 0 Å². The highest BCUT2D eigenvalue weighted by atomic mass is 32.2. The van der Waals surface area contributed by atoms with Gasteiger partial charge < -0.3 is 0 Å². The Morgan fingerprint density at radius 3 is 2.29 bits per heavy atom. The Morgan fingerprint density at radius 2 is 2.14 bits per heavy atom. The van der Waals surface area contributed by atoms with Gasteiger partial charge in [0.15, 0.2) is 0 Å². The molecule has 1 aliphatic heterocycles. The summed E-state index contributed by atoms with van der Waals surface area (Å²) in [5, 5.41) is 0.931. The molecule has 0 aromatic rings. The molecule has 0 unspecified atom stereocenters. The third kappa shape index (κ3) is 1.12. The van der Waals surface area contributed by atoms with Gasteiger partial charge in [-0.25, -0.2) is 0 Å². The van der Waals surface area contributed by atoms with E-state index >= 15 is 0 Å². The Balaban J connectivity index is 2.33. The maximum absolute atomic E-state index is 2.34. The second kappa shape index (κ2) is 2.08. The Bertz CT molecular complexity index is 53.2. The Morgan fingerprint density at radius 1 is 1.43 bits per heavy atom. The molecule has 0 nitrogen and oxygen atoms in total. The first kappa shape index (κ1) is 5.49. The van der Waals surface area contributed by atoms with Crippen LogP contribution in [-0.2, 0) is 0 Å². The smallest absolute Gasteiger partial charge is 0.00446 e. The van der Waals surface area contributed by atoms with Gasteiger partial charge >= 0.3 is 0 Å². The summed E-state index contributed by atoms with van der Waals surface area (Å²) in [4.78, 5) is 0. The SMILES string of the molecule is C[C@@H]1CCS[C@@H]1C. The third-order valence-corrected chi connectivity index (χ3v) is 3.22. The lowest BCUT2D eigenvalue weighted by molar-refractivity contribution is 0.590. The first-order valence-electron chi connectivity index (χ1n) is 2.92. The summed E-state index contributed by atoms with van der Waals surface area (Å²) in [6, 6.07) is 0. The summed E-state index contributed by atoms with van der Waals surface area (Å²) in [6.07, 6.45) is 1.44. The van der Waals surface area contributed by atoms with E-state index in [0.717, 1.165) is 11.2 Å².